The van der Waals surface area contributed by atoms with E-state index in [9.17, 15) is 9.18 Å². The number of aromatic nitrogens is 1. The van der Waals surface area contributed by atoms with Gasteiger partial charge in [-0.15, -0.1) is 0 Å². The summed E-state index contributed by atoms with van der Waals surface area (Å²) in [6, 6.07) is 7.58. The molecule has 1 aromatic heterocycles. The molecule has 0 spiro atoms. The number of hydrogen-bond donors (Lipinski definition) is 3. The summed E-state index contributed by atoms with van der Waals surface area (Å²) in [6.07, 6.45) is 1.63. The SMILES string of the molecule is Cc1ncccc1NC(=O)c1cccc(F)c1NN. The highest BCUT2D eigenvalue weighted by molar-refractivity contribution is 6.08. The molecule has 0 radical (unpaired) electrons. The maximum Gasteiger partial charge on any atom is 0.257 e. The Kier molecular flexibility index (Phi) is 3.72. The Balaban J connectivity index is 2.31. The number of hydrogen-bond acceptors (Lipinski definition) is 4. The van der Waals surface area contributed by atoms with Crippen LogP contribution in [0.2, 0.25) is 0 Å². The van der Waals surface area contributed by atoms with E-state index in [1.54, 1.807) is 25.3 Å². The molecular weight excluding hydrogens is 247 g/mol. The van der Waals surface area contributed by atoms with Crippen molar-refractivity contribution in [3.63, 3.8) is 0 Å². The molecule has 0 atom stereocenters. The molecule has 0 saturated heterocycles. The normalized spacial score (nSPS) is 10.1. The molecule has 19 heavy (non-hydrogen) atoms. The van der Waals surface area contributed by atoms with Gasteiger partial charge in [-0.2, -0.15) is 0 Å². The molecule has 4 N–H and O–H groups in total. The number of pyridine rings is 1. The highest BCUT2D eigenvalue weighted by Gasteiger charge is 2.15. The largest absolute Gasteiger partial charge is 0.321 e. The standard InChI is InChI=1S/C13H13FN4O/c1-8-11(6-3-7-16-8)17-13(19)9-4-2-5-10(14)12(9)18-15/h2-7,18H,15H2,1H3,(H,17,19). The number of nitrogens with one attached hydrogen (secondary N) is 2. The minimum Gasteiger partial charge on any atom is -0.321 e. The number of halogens is 1. The lowest BCUT2D eigenvalue weighted by Gasteiger charge is -2.11. The van der Waals surface area contributed by atoms with Gasteiger partial charge in [0.15, 0.2) is 0 Å². The van der Waals surface area contributed by atoms with E-state index in [-0.39, 0.29) is 11.3 Å². The van der Waals surface area contributed by atoms with Crippen LogP contribution in [-0.4, -0.2) is 10.9 Å². The van der Waals surface area contributed by atoms with Crippen LogP contribution in [0, 0.1) is 12.7 Å². The van der Waals surface area contributed by atoms with Crippen LogP contribution in [-0.2, 0) is 0 Å². The van der Waals surface area contributed by atoms with Crippen molar-refractivity contribution in [1.29, 1.82) is 0 Å². The van der Waals surface area contributed by atoms with Gasteiger partial charge in [0.05, 0.1) is 22.6 Å². The predicted octanol–water partition coefficient (Wildman–Crippen LogP) is 2.07. The average Bonchev–Trinajstić information content (AvgIpc) is 2.41. The van der Waals surface area contributed by atoms with Crippen LogP contribution >= 0.6 is 0 Å². The van der Waals surface area contributed by atoms with Crippen molar-refractivity contribution in [2.75, 3.05) is 10.7 Å². The zero-order valence-corrected chi connectivity index (χ0v) is 10.3. The Hall–Kier alpha value is -2.47. The van der Waals surface area contributed by atoms with Gasteiger partial charge in [-0.05, 0) is 31.2 Å². The fourth-order valence-electron chi connectivity index (χ4n) is 1.67. The van der Waals surface area contributed by atoms with Crippen molar-refractivity contribution in [1.82, 2.24) is 4.98 Å². The predicted molar refractivity (Wildman–Crippen MR) is 71.1 cm³/mol. The number of carbonyl (C=O) groups is 1. The quantitative estimate of drug-likeness (QED) is 0.583. The molecule has 6 heteroatoms. The number of rotatable bonds is 3. The summed E-state index contributed by atoms with van der Waals surface area (Å²) in [5.74, 6) is 4.19. The number of hydrazine groups is 1. The second kappa shape index (κ2) is 5.45. The number of nitrogens with two attached hydrogens (primary N) is 1. The molecule has 2 aromatic rings. The van der Waals surface area contributed by atoms with Crippen LogP contribution < -0.4 is 16.6 Å². The third-order valence-corrected chi connectivity index (χ3v) is 2.66. The number of benzene rings is 1. The van der Waals surface area contributed by atoms with Crippen LogP contribution in [0.3, 0.4) is 0 Å². The van der Waals surface area contributed by atoms with E-state index in [0.29, 0.717) is 11.4 Å². The Labute approximate surface area is 109 Å². The molecule has 0 aliphatic heterocycles. The summed E-state index contributed by atoms with van der Waals surface area (Å²) in [5, 5.41) is 2.66. The third-order valence-electron chi connectivity index (χ3n) is 2.66. The molecule has 0 aliphatic rings. The molecule has 5 nitrogen and oxygen atoms in total. The van der Waals surface area contributed by atoms with Crippen LogP contribution in [0.4, 0.5) is 15.8 Å². The van der Waals surface area contributed by atoms with Crippen molar-refractivity contribution in [2.45, 2.75) is 6.92 Å². The van der Waals surface area contributed by atoms with E-state index in [2.05, 4.69) is 15.7 Å². The topological polar surface area (TPSA) is 80.0 Å². The van der Waals surface area contributed by atoms with Crippen molar-refractivity contribution in [3.05, 3.63) is 53.6 Å². The lowest BCUT2D eigenvalue weighted by atomic mass is 10.1. The molecule has 0 aliphatic carbocycles. The smallest absolute Gasteiger partial charge is 0.257 e. The number of carbonyl (C=O) groups excluding carboxylic acids is 1. The van der Waals surface area contributed by atoms with Crippen molar-refractivity contribution in [2.24, 2.45) is 5.84 Å². The Bertz CT molecular complexity index is 615. The maximum absolute atomic E-state index is 13.5. The molecule has 0 bridgehead atoms. The summed E-state index contributed by atoms with van der Waals surface area (Å²) >= 11 is 0. The average molecular weight is 260 g/mol. The van der Waals surface area contributed by atoms with Crippen LogP contribution in [0.25, 0.3) is 0 Å². The third kappa shape index (κ3) is 2.69. The number of amides is 1. The van der Waals surface area contributed by atoms with Gasteiger partial charge in [0.25, 0.3) is 5.91 Å². The second-order valence-electron chi connectivity index (χ2n) is 3.90. The Morgan fingerprint density at radius 2 is 2.11 bits per heavy atom. The Morgan fingerprint density at radius 3 is 2.79 bits per heavy atom. The number of nitrogen functional groups attached to an aromatic ring is 1. The maximum atomic E-state index is 13.5. The van der Waals surface area contributed by atoms with E-state index in [0.717, 1.165) is 0 Å². The molecule has 0 fully saturated rings. The van der Waals surface area contributed by atoms with Crippen LogP contribution in [0.15, 0.2) is 36.5 Å². The number of anilines is 2. The van der Waals surface area contributed by atoms with Gasteiger partial charge < -0.3 is 10.7 Å². The number of aryl methyl sites for hydroxylation is 1. The van der Waals surface area contributed by atoms with Crippen molar-refractivity contribution >= 4 is 17.3 Å². The summed E-state index contributed by atoms with van der Waals surface area (Å²) in [4.78, 5) is 16.2. The molecule has 0 unspecified atom stereocenters. The summed E-state index contributed by atoms with van der Waals surface area (Å²) in [7, 11) is 0. The summed E-state index contributed by atoms with van der Waals surface area (Å²) in [6.45, 7) is 1.77. The van der Waals surface area contributed by atoms with Gasteiger partial charge in [-0.3, -0.25) is 15.6 Å². The minimum atomic E-state index is -0.585. The van der Waals surface area contributed by atoms with E-state index >= 15 is 0 Å². The second-order valence-corrected chi connectivity index (χ2v) is 3.90. The fourth-order valence-corrected chi connectivity index (χ4v) is 1.67. The first-order chi connectivity index (χ1) is 9.13. The van der Waals surface area contributed by atoms with E-state index < -0.39 is 11.7 Å². The molecule has 1 aromatic carbocycles. The fraction of sp³-hybridized carbons (Fsp3) is 0.0769. The first kappa shape index (κ1) is 13.0. The summed E-state index contributed by atoms with van der Waals surface area (Å²) < 4.78 is 13.5. The monoisotopic (exact) mass is 260 g/mol. The summed E-state index contributed by atoms with van der Waals surface area (Å²) in [5.41, 5.74) is 3.53. The molecule has 0 saturated carbocycles. The first-order valence-corrected chi connectivity index (χ1v) is 5.61. The highest BCUT2D eigenvalue weighted by Crippen LogP contribution is 2.20. The molecule has 1 amide bonds. The lowest BCUT2D eigenvalue weighted by molar-refractivity contribution is 0.102. The van der Waals surface area contributed by atoms with Gasteiger partial charge >= 0.3 is 0 Å². The van der Waals surface area contributed by atoms with Gasteiger partial charge in [-0.1, -0.05) is 6.07 Å². The van der Waals surface area contributed by atoms with E-state index in [1.165, 1.54) is 18.2 Å². The van der Waals surface area contributed by atoms with Crippen LogP contribution in [0.5, 0.6) is 0 Å². The number of para-hydroxylation sites is 1. The van der Waals surface area contributed by atoms with Gasteiger partial charge in [0.1, 0.15) is 5.82 Å². The van der Waals surface area contributed by atoms with Crippen molar-refractivity contribution < 1.29 is 9.18 Å². The molecule has 98 valence electrons. The Morgan fingerprint density at radius 1 is 1.32 bits per heavy atom. The van der Waals surface area contributed by atoms with Gasteiger partial charge in [-0.25, -0.2) is 4.39 Å². The molecule has 2 rings (SSSR count). The zero-order chi connectivity index (χ0) is 13.8. The molecule has 1 heterocycles. The van der Waals surface area contributed by atoms with E-state index in [4.69, 9.17) is 5.84 Å². The van der Waals surface area contributed by atoms with Gasteiger partial charge in [0, 0.05) is 6.20 Å². The first-order valence-electron chi connectivity index (χ1n) is 5.61. The van der Waals surface area contributed by atoms with Crippen molar-refractivity contribution in [3.8, 4) is 0 Å². The lowest BCUT2D eigenvalue weighted by Crippen LogP contribution is -2.18. The zero-order valence-electron chi connectivity index (χ0n) is 10.3. The number of nitrogens with zero attached hydrogens (tertiary/aromatic N) is 1. The minimum absolute atomic E-state index is 0.0402. The van der Waals surface area contributed by atoms with Crippen LogP contribution in [0.1, 0.15) is 16.1 Å². The molecular formula is C13H13FN4O. The highest BCUT2D eigenvalue weighted by atomic mass is 19.1. The van der Waals surface area contributed by atoms with E-state index in [1.807, 2.05) is 0 Å². The van der Waals surface area contributed by atoms with Gasteiger partial charge in [0.2, 0.25) is 0 Å².